The summed E-state index contributed by atoms with van der Waals surface area (Å²) in [6, 6.07) is 0.0951. The molecule has 0 spiro atoms. The second kappa shape index (κ2) is 7.50. The first-order valence-corrected chi connectivity index (χ1v) is 7.57. The van der Waals surface area contributed by atoms with Crippen molar-refractivity contribution >= 4 is 12.0 Å². The minimum Gasteiger partial charge on any atom is -0.481 e. The van der Waals surface area contributed by atoms with Crippen LogP contribution in [0.25, 0.3) is 0 Å². The van der Waals surface area contributed by atoms with Crippen LogP contribution < -0.4 is 10.6 Å². The molecular formula is C15H28N2O3. The molecule has 0 aliphatic heterocycles. The minimum absolute atomic E-state index is 0.132. The maximum absolute atomic E-state index is 11.9. The van der Waals surface area contributed by atoms with Crippen molar-refractivity contribution in [2.24, 2.45) is 11.3 Å². The number of aliphatic carboxylic acids is 1. The predicted octanol–water partition coefficient (Wildman–Crippen LogP) is 2.76. The lowest BCUT2D eigenvalue weighted by molar-refractivity contribution is -0.137. The van der Waals surface area contributed by atoms with E-state index in [2.05, 4.69) is 24.5 Å². The van der Waals surface area contributed by atoms with Crippen LogP contribution in [-0.2, 0) is 4.79 Å². The topological polar surface area (TPSA) is 78.4 Å². The third-order valence-corrected chi connectivity index (χ3v) is 4.27. The fraction of sp³-hybridized carbons (Fsp3) is 0.867. The van der Waals surface area contributed by atoms with Gasteiger partial charge in [-0.1, -0.05) is 33.6 Å². The molecular weight excluding hydrogens is 256 g/mol. The number of urea groups is 1. The normalized spacial score (nSPS) is 22.9. The molecule has 1 fully saturated rings. The number of hydrogen-bond acceptors (Lipinski definition) is 2. The highest BCUT2D eigenvalue weighted by Crippen LogP contribution is 2.35. The molecule has 5 nitrogen and oxygen atoms in total. The van der Waals surface area contributed by atoms with Gasteiger partial charge in [0.1, 0.15) is 0 Å². The van der Waals surface area contributed by atoms with E-state index in [4.69, 9.17) is 5.11 Å². The number of amides is 2. The molecule has 0 bridgehead atoms. The minimum atomic E-state index is -0.787. The molecule has 0 aromatic heterocycles. The van der Waals surface area contributed by atoms with Gasteiger partial charge in [0.15, 0.2) is 0 Å². The van der Waals surface area contributed by atoms with E-state index in [0.29, 0.717) is 13.0 Å². The first-order chi connectivity index (χ1) is 9.31. The lowest BCUT2D eigenvalue weighted by atomic mass is 9.73. The van der Waals surface area contributed by atoms with Gasteiger partial charge >= 0.3 is 12.0 Å². The van der Waals surface area contributed by atoms with Crippen molar-refractivity contribution in [3.8, 4) is 0 Å². The Bertz CT molecular complexity index is 342. The van der Waals surface area contributed by atoms with Crippen molar-refractivity contribution in [2.45, 2.75) is 65.3 Å². The molecule has 2 unspecified atom stereocenters. The van der Waals surface area contributed by atoms with E-state index in [9.17, 15) is 9.59 Å². The van der Waals surface area contributed by atoms with Crippen LogP contribution in [0.1, 0.15) is 59.3 Å². The monoisotopic (exact) mass is 284 g/mol. The van der Waals surface area contributed by atoms with Gasteiger partial charge in [0.2, 0.25) is 0 Å². The zero-order valence-corrected chi connectivity index (χ0v) is 12.9. The third-order valence-electron chi connectivity index (χ3n) is 4.27. The van der Waals surface area contributed by atoms with E-state index < -0.39 is 5.97 Å². The van der Waals surface area contributed by atoms with E-state index >= 15 is 0 Å². The summed E-state index contributed by atoms with van der Waals surface area (Å²) < 4.78 is 0. The zero-order valence-electron chi connectivity index (χ0n) is 12.9. The van der Waals surface area contributed by atoms with Crippen molar-refractivity contribution in [2.75, 3.05) is 6.54 Å². The molecule has 0 aromatic rings. The number of hydrogen-bond donors (Lipinski definition) is 3. The van der Waals surface area contributed by atoms with Crippen LogP contribution in [0.5, 0.6) is 0 Å². The fourth-order valence-corrected chi connectivity index (χ4v) is 2.71. The molecule has 1 aliphatic carbocycles. The van der Waals surface area contributed by atoms with Gasteiger partial charge in [0.25, 0.3) is 0 Å². The summed E-state index contributed by atoms with van der Waals surface area (Å²) in [6.07, 6.45) is 5.33. The molecule has 1 saturated carbocycles. The van der Waals surface area contributed by atoms with Crippen LogP contribution in [0, 0.1) is 11.3 Å². The molecule has 1 aliphatic rings. The molecule has 2 amide bonds. The summed E-state index contributed by atoms with van der Waals surface area (Å²) in [5.74, 6) is -0.610. The highest BCUT2D eigenvalue weighted by Gasteiger charge is 2.33. The molecule has 5 heteroatoms. The third kappa shape index (κ3) is 5.80. The molecule has 3 N–H and O–H groups in total. The summed E-state index contributed by atoms with van der Waals surface area (Å²) in [6.45, 7) is 6.87. The Morgan fingerprint density at radius 3 is 2.65 bits per heavy atom. The second-order valence-electron chi connectivity index (χ2n) is 6.68. The number of carboxylic acid groups (broad SMARTS) is 1. The van der Waals surface area contributed by atoms with E-state index in [-0.39, 0.29) is 29.8 Å². The molecule has 20 heavy (non-hydrogen) atoms. The zero-order chi connectivity index (χ0) is 15.2. The Hall–Kier alpha value is -1.26. The number of carboxylic acids is 1. The van der Waals surface area contributed by atoms with Crippen LogP contribution in [0.3, 0.4) is 0 Å². The summed E-state index contributed by atoms with van der Waals surface area (Å²) in [7, 11) is 0. The van der Waals surface area contributed by atoms with Crippen LogP contribution in [0.2, 0.25) is 0 Å². The van der Waals surface area contributed by atoms with Gasteiger partial charge in [0.05, 0.1) is 0 Å². The first-order valence-electron chi connectivity index (χ1n) is 7.57. The summed E-state index contributed by atoms with van der Waals surface area (Å²) in [4.78, 5) is 22.4. The number of rotatable bonds is 6. The van der Waals surface area contributed by atoms with E-state index in [1.165, 1.54) is 12.8 Å². The summed E-state index contributed by atoms with van der Waals surface area (Å²) in [5, 5.41) is 14.5. The molecule has 0 saturated heterocycles. The number of carbonyl (C=O) groups excluding carboxylic acids is 1. The average molecular weight is 284 g/mol. The quantitative estimate of drug-likeness (QED) is 0.701. The predicted molar refractivity (Wildman–Crippen MR) is 78.6 cm³/mol. The van der Waals surface area contributed by atoms with Crippen molar-refractivity contribution in [1.29, 1.82) is 0 Å². The van der Waals surface area contributed by atoms with Crippen molar-refractivity contribution < 1.29 is 14.7 Å². The summed E-state index contributed by atoms with van der Waals surface area (Å²) in [5.41, 5.74) is 0.157. The van der Waals surface area contributed by atoms with E-state index in [0.717, 1.165) is 12.8 Å². The molecule has 2 atom stereocenters. The van der Waals surface area contributed by atoms with Gasteiger partial charge in [-0.2, -0.15) is 0 Å². The van der Waals surface area contributed by atoms with E-state index in [1.54, 1.807) is 0 Å². The Labute approximate surface area is 121 Å². The molecule has 116 valence electrons. The SMILES string of the molecule is CC(CCC(=O)O)CNC(=O)NC1CCCCC1(C)C. The Balaban J connectivity index is 2.27. The average Bonchev–Trinajstić information content (AvgIpc) is 2.36. The number of carbonyl (C=O) groups is 2. The van der Waals surface area contributed by atoms with Crippen LogP contribution in [-0.4, -0.2) is 29.7 Å². The van der Waals surface area contributed by atoms with Gasteiger partial charge in [-0.3, -0.25) is 4.79 Å². The summed E-state index contributed by atoms with van der Waals surface area (Å²) >= 11 is 0. The lowest BCUT2D eigenvalue weighted by Crippen LogP contribution is -2.50. The number of nitrogens with one attached hydrogen (secondary N) is 2. The van der Waals surface area contributed by atoms with Crippen LogP contribution >= 0.6 is 0 Å². The standard InChI is InChI=1S/C15H28N2O3/c1-11(7-8-13(18)19)10-16-14(20)17-12-6-4-5-9-15(12,2)3/h11-12H,4-10H2,1-3H3,(H,18,19)(H2,16,17,20). The van der Waals surface area contributed by atoms with Gasteiger partial charge in [-0.25, -0.2) is 4.79 Å². The maximum atomic E-state index is 11.9. The molecule has 0 heterocycles. The fourth-order valence-electron chi connectivity index (χ4n) is 2.71. The lowest BCUT2D eigenvalue weighted by Gasteiger charge is -2.39. The second-order valence-corrected chi connectivity index (χ2v) is 6.68. The largest absolute Gasteiger partial charge is 0.481 e. The molecule has 0 aromatic carbocycles. The van der Waals surface area contributed by atoms with Gasteiger partial charge in [-0.15, -0.1) is 0 Å². The van der Waals surface area contributed by atoms with Crippen LogP contribution in [0.4, 0.5) is 4.79 Å². The Morgan fingerprint density at radius 1 is 1.35 bits per heavy atom. The maximum Gasteiger partial charge on any atom is 0.315 e. The van der Waals surface area contributed by atoms with Crippen LogP contribution in [0.15, 0.2) is 0 Å². The van der Waals surface area contributed by atoms with Gasteiger partial charge in [-0.05, 0) is 30.6 Å². The highest BCUT2D eigenvalue weighted by atomic mass is 16.4. The molecule has 1 rings (SSSR count). The van der Waals surface area contributed by atoms with Crippen molar-refractivity contribution in [3.05, 3.63) is 0 Å². The van der Waals surface area contributed by atoms with Crippen molar-refractivity contribution in [1.82, 2.24) is 10.6 Å². The first kappa shape index (κ1) is 16.8. The smallest absolute Gasteiger partial charge is 0.315 e. The highest BCUT2D eigenvalue weighted by molar-refractivity contribution is 5.74. The van der Waals surface area contributed by atoms with E-state index in [1.807, 2.05) is 6.92 Å². The Morgan fingerprint density at radius 2 is 2.05 bits per heavy atom. The van der Waals surface area contributed by atoms with Crippen molar-refractivity contribution in [3.63, 3.8) is 0 Å². The van der Waals surface area contributed by atoms with Gasteiger partial charge in [0, 0.05) is 19.0 Å². The Kier molecular flexibility index (Phi) is 6.30. The van der Waals surface area contributed by atoms with Gasteiger partial charge < -0.3 is 15.7 Å². The molecule has 0 radical (unpaired) electrons.